The minimum absolute atomic E-state index is 0.0388. The Morgan fingerprint density at radius 3 is 2.11 bits per heavy atom. The van der Waals surface area contributed by atoms with Gasteiger partial charge in [-0.05, 0) is 18.8 Å². The number of ether oxygens (including phenoxy) is 3. The van der Waals surface area contributed by atoms with E-state index < -0.39 is 17.3 Å². The number of rotatable bonds is 3. The predicted octanol–water partition coefficient (Wildman–Crippen LogP) is 1.48. The molecule has 5 nitrogen and oxygen atoms in total. The molecular weight excluding hydrogens is 248 g/mol. The standard InChI is InChI=1S/C14H24O5/c1-10(2)11(12(15)17-3)13(16)4-6-14(7-5-13)18-8-9-19-14/h10-11,16H,4-9H2,1-3H3. The molecule has 1 N–H and O–H groups in total. The molecule has 1 spiro atoms. The molecule has 1 aliphatic carbocycles. The smallest absolute Gasteiger partial charge is 0.311 e. The number of aliphatic hydroxyl groups is 1. The summed E-state index contributed by atoms with van der Waals surface area (Å²) < 4.78 is 16.2. The lowest BCUT2D eigenvalue weighted by atomic mass is 9.69. The Bertz CT molecular complexity index is 323. The van der Waals surface area contributed by atoms with Crippen LogP contribution in [0.2, 0.25) is 0 Å². The third kappa shape index (κ3) is 2.78. The molecule has 0 aromatic heterocycles. The molecule has 0 bridgehead atoms. The molecule has 1 saturated carbocycles. The van der Waals surface area contributed by atoms with E-state index in [-0.39, 0.29) is 11.9 Å². The van der Waals surface area contributed by atoms with Crippen molar-refractivity contribution in [3.8, 4) is 0 Å². The lowest BCUT2D eigenvalue weighted by molar-refractivity contribution is -0.216. The van der Waals surface area contributed by atoms with E-state index in [1.165, 1.54) is 7.11 Å². The molecule has 110 valence electrons. The molecule has 0 radical (unpaired) electrons. The summed E-state index contributed by atoms with van der Waals surface area (Å²) in [4.78, 5) is 11.9. The van der Waals surface area contributed by atoms with E-state index in [9.17, 15) is 9.90 Å². The number of hydrogen-bond donors (Lipinski definition) is 1. The Morgan fingerprint density at radius 2 is 1.68 bits per heavy atom. The topological polar surface area (TPSA) is 65.0 Å². The molecule has 2 rings (SSSR count). The largest absolute Gasteiger partial charge is 0.469 e. The van der Waals surface area contributed by atoms with Crippen LogP contribution in [-0.2, 0) is 19.0 Å². The summed E-state index contributed by atoms with van der Waals surface area (Å²) in [6.07, 6.45) is 2.27. The highest BCUT2D eigenvalue weighted by atomic mass is 16.7. The van der Waals surface area contributed by atoms with Gasteiger partial charge in [-0.1, -0.05) is 13.8 Å². The van der Waals surface area contributed by atoms with Gasteiger partial charge in [0, 0.05) is 12.8 Å². The van der Waals surface area contributed by atoms with E-state index >= 15 is 0 Å². The zero-order valence-electron chi connectivity index (χ0n) is 12.0. The highest BCUT2D eigenvalue weighted by Gasteiger charge is 2.51. The van der Waals surface area contributed by atoms with Crippen LogP contribution in [0.1, 0.15) is 39.5 Å². The fraction of sp³-hybridized carbons (Fsp3) is 0.929. The van der Waals surface area contributed by atoms with Gasteiger partial charge in [-0.15, -0.1) is 0 Å². The first-order chi connectivity index (χ1) is 8.92. The molecule has 1 unspecified atom stereocenters. The molecule has 2 aliphatic rings. The van der Waals surface area contributed by atoms with E-state index in [0.717, 1.165) is 0 Å². The van der Waals surface area contributed by atoms with Crippen LogP contribution in [0, 0.1) is 11.8 Å². The highest BCUT2D eigenvalue weighted by molar-refractivity contribution is 5.74. The summed E-state index contributed by atoms with van der Waals surface area (Å²) in [5.74, 6) is -1.31. The molecule has 0 aromatic carbocycles. The van der Waals surface area contributed by atoms with Crippen LogP contribution in [-0.4, -0.2) is 42.8 Å². The van der Waals surface area contributed by atoms with Crippen LogP contribution in [0.3, 0.4) is 0 Å². The summed E-state index contributed by atoms with van der Waals surface area (Å²) in [6, 6.07) is 0. The van der Waals surface area contributed by atoms with Gasteiger partial charge >= 0.3 is 5.97 Å². The van der Waals surface area contributed by atoms with E-state index in [2.05, 4.69) is 0 Å². The number of hydrogen-bond acceptors (Lipinski definition) is 5. The van der Waals surface area contributed by atoms with E-state index in [1.54, 1.807) is 0 Å². The maximum absolute atomic E-state index is 11.9. The minimum Gasteiger partial charge on any atom is -0.469 e. The molecule has 1 heterocycles. The predicted molar refractivity (Wildman–Crippen MR) is 68.4 cm³/mol. The van der Waals surface area contributed by atoms with Gasteiger partial charge in [0.15, 0.2) is 5.79 Å². The van der Waals surface area contributed by atoms with E-state index in [4.69, 9.17) is 14.2 Å². The van der Waals surface area contributed by atoms with Crippen LogP contribution in [0.25, 0.3) is 0 Å². The molecule has 5 heteroatoms. The summed E-state index contributed by atoms with van der Waals surface area (Å²) in [7, 11) is 1.37. The zero-order valence-corrected chi connectivity index (χ0v) is 12.0. The van der Waals surface area contributed by atoms with Crippen LogP contribution in [0.4, 0.5) is 0 Å². The Morgan fingerprint density at radius 1 is 1.16 bits per heavy atom. The summed E-state index contributed by atoms with van der Waals surface area (Å²) in [5.41, 5.74) is -1.01. The van der Waals surface area contributed by atoms with Crippen LogP contribution < -0.4 is 0 Å². The molecule has 1 aliphatic heterocycles. The first-order valence-electron chi connectivity index (χ1n) is 7.01. The van der Waals surface area contributed by atoms with Crippen molar-refractivity contribution < 1.29 is 24.1 Å². The quantitative estimate of drug-likeness (QED) is 0.788. The minimum atomic E-state index is -1.01. The van der Waals surface area contributed by atoms with Gasteiger partial charge in [0.1, 0.15) is 0 Å². The normalized spacial score (nSPS) is 26.6. The third-order valence-electron chi connectivity index (χ3n) is 4.39. The fourth-order valence-corrected chi connectivity index (χ4v) is 3.40. The van der Waals surface area contributed by atoms with Gasteiger partial charge in [0.2, 0.25) is 0 Å². The first kappa shape index (κ1) is 14.8. The number of methoxy groups -OCH3 is 1. The monoisotopic (exact) mass is 272 g/mol. The molecule has 1 atom stereocenters. The first-order valence-corrected chi connectivity index (χ1v) is 7.01. The van der Waals surface area contributed by atoms with Crippen molar-refractivity contribution in [3.05, 3.63) is 0 Å². The van der Waals surface area contributed by atoms with Crippen molar-refractivity contribution in [2.45, 2.75) is 50.9 Å². The van der Waals surface area contributed by atoms with Crippen molar-refractivity contribution in [1.29, 1.82) is 0 Å². The van der Waals surface area contributed by atoms with Crippen molar-refractivity contribution in [2.75, 3.05) is 20.3 Å². The van der Waals surface area contributed by atoms with Gasteiger partial charge < -0.3 is 19.3 Å². The lowest BCUT2D eigenvalue weighted by Crippen LogP contribution is -2.51. The highest BCUT2D eigenvalue weighted by Crippen LogP contribution is 2.45. The summed E-state index contributed by atoms with van der Waals surface area (Å²) in [5, 5.41) is 10.8. The second-order valence-electron chi connectivity index (χ2n) is 5.96. The Labute approximate surface area is 114 Å². The Hall–Kier alpha value is -0.650. The molecule has 0 amide bonds. The van der Waals surface area contributed by atoms with Crippen molar-refractivity contribution in [1.82, 2.24) is 0 Å². The Balaban J connectivity index is 2.08. The van der Waals surface area contributed by atoms with Gasteiger partial charge in [-0.3, -0.25) is 4.79 Å². The van der Waals surface area contributed by atoms with Gasteiger partial charge in [0.05, 0.1) is 31.8 Å². The van der Waals surface area contributed by atoms with Crippen LogP contribution in [0.15, 0.2) is 0 Å². The van der Waals surface area contributed by atoms with Crippen LogP contribution in [0.5, 0.6) is 0 Å². The Kier molecular flexibility index (Phi) is 4.18. The number of esters is 1. The molecule has 1 saturated heterocycles. The average Bonchev–Trinajstić information content (AvgIpc) is 2.82. The molecule has 0 aromatic rings. The van der Waals surface area contributed by atoms with Gasteiger partial charge in [-0.2, -0.15) is 0 Å². The zero-order chi connectivity index (χ0) is 14.1. The van der Waals surface area contributed by atoms with Crippen molar-refractivity contribution in [2.24, 2.45) is 11.8 Å². The van der Waals surface area contributed by atoms with E-state index in [1.807, 2.05) is 13.8 Å². The van der Waals surface area contributed by atoms with E-state index in [0.29, 0.717) is 38.9 Å². The second-order valence-corrected chi connectivity index (χ2v) is 5.96. The van der Waals surface area contributed by atoms with Crippen LogP contribution >= 0.6 is 0 Å². The fourth-order valence-electron chi connectivity index (χ4n) is 3.40. The third-order valence-corrected chi connectivity index (χ3v) is 4.39. The van der Waals surface area contributed by atoms with Crippen molar-refractivity contribution >= 4 is 5.97 Å². The van der Waals surface area contributed by atoms with Gasteiger partial charge in [0.25, 0.3) is 0 Å². The summed E-state index contributed by atoms with van der Waals surface area (Å²) in [6.45, 7) is 5.10. The van der Waals surface area contributed by atoms with Gasteiger partial charge in [-0.25, -0.2) is 0 Å². The lowest BCUT2D eigenvalue weighted by Gasteiger charge is -2.44. The molecule has 2 fully saturated rings. The maximum atomic E-state index is 11.9. The number of carbonyl (C=O) groups is 1. The number of carbonyl (C=O) groups excluding carboxylic acids is 1. The maximum Gasteiger partial charge on any atom is 0.311 e. The molecular formula is C14H24O5. The average molecular weight is 272 g/mol. The van der Waals surface area contributed by atoms with Crippen molar-refractivity contribution in [3.63, 3.8) is 0 Å². The second kappa shape index (κ2) is 5.38. The SMILES string of the molecule is COC(=O)C(C(C)C)C1(O)CCC2(CC1)OCCO2. The summed E-state index contributed by atoms with van der Waals surface area (Å²) >= 11 is 0. The molecule has 19 heavy (non-hydrogen) atoms.